The van der Waals surface area contributed by atoms with Crippen LogP contribution in [-0.2, 0) is 21.7 Å². The average molecular weight is 506 g/mol. The minimum atomic E-state index is -1.67. The molecule has 0 aliphatic carbocycles. The molecular formula is C22H15Cl3N4O2S. The van der Waals surface area contributed by atoms with E-state index in [2.05, 4.69) is 31.3 Å². The molecule has 162 valence electrons. The lowest BCUT2D eigenvalue weighted by atomic mass is 10.1. The summed E-state index contributed by atoms with van der Waals surface area (Å²) in [6.45, 7) is 0.0238. The van der Waals surface area contributed by atoms with Gasteiger partial charge in [0.25, 0.3) is 0 Å². The lowest BCUT2D eigenvalue weighted by Gasteiger charge is -1.99. The number of aliphatic hydroxyl groups is 1. The summed E-state index contributed by atoms with van der Waals surface area (Å²) in [5.74, 6) is 0.496. The second-order valence-electron chi connectivity index (χ2n) is 6.15. The zero-order valence-electron chi connectivity index (χ0n) is 16.4. The third-order valence-corrected chi connectivity index (χ3v) is 4.38. The van der Waals surface area contributed by atoms with Gasteiger partial charge in [0.15, 0.2) is 0 Å². The van der Waals surface area contributed by atoms with E-state index in [1.807, 2.05) is 54.6 Å². The van der Waals surface area contributed by atoms with E-state index in [0.717, 1.165) is 32.9 Å². The molecule has 0 bridgehead atoms. The van der Waals surface area contributed by atoms with Crippen LogP contribution >= 0.6 is 33.0 Å². The highest BCUT2D eigenvalue weighted by Crippen LogP contribution is 2.16. The Kier molecular flexibility index (Phi) is 10.3. The van der Waals surface area contributed by atoms with Gasteiger partial charge in [0.05, 0.1) is 17.6 Å². The molecule has 0 saturated carbocycles. The zero-order valence-corrected chi connectivity index (χ0v) is 19.5. The van der Waals surface area contributed by atoms with Crippen molar-refractivity contribution in [3.05, 3.63) is 83.2 Å². The lowest BCUT2D eigenvalue weighted by molar-refractivity contribution is 0.282. The lowest BCUT2D eigenvalue weighted by Crippen LogP contribution is -1.87. The molecule has 4 rings (SSSR count). The highest BCUT2D eigenvalue weighted by molar-refractivity contribution is 8.26. The first-order chi connectivity index (χ1) is 15.4. The van der Waals surface area contributed by atoms with Gasteiger partial charge in [-0.1, -0.05) is 12.1 Å². The SMILES string of the molecule is N#Cc1ccc2cc(CCl)ccc2n1.N#Cc1ccc2cc(CO)ccc2n1.O=S(Cl)Cl. The summed E-state index contributed by atoms with van der Waals surface area (Å²) < 4.78 is 9.09. The van der Waals surface area contributed by atoms with Crippen LogP contribution in [0.5, 0.6) is 0 Å². The number of halogens is 3. The highest BCUT2D eigenvalue weighted by Gasteiger charge is 1.99. The molecule has 0 amide bonds. The number of nitrogens with zero attached hydrogens (tertiary/aromatic N) is 4. The van der Waals surface area contributed by atoms with Crippen molar-refractivity contribution in [3.8, 4) is 12.1 Å². The van der Waals surface area contributed by atoms with E-state index in [1.54, 1.807) is 18.2 Å². The molecule has 0 aliphatic rings. The molecule has 0 saturated heterocycles. The number of aromatic nitrogens is 2. The van der Waals surface area contributed by atoms with E-state index in [9.17, 15) is 0 Å². The molecule has 0 radical (unpaired) electrons. The Hall–Kier alpha value is -2.78. The van der Waals surface area contributed by atoms with Gasteiger partial charge < -0.3 is 5.11 Å². The van der Waals surface area contributed by atoms with E-state index in [4.69, 9.17) is 31.4 Å². The maximum atomic E-state index is 9.09. The standard InChI is InChI=1S/C11H7ClN2.C11H8N2O.Cl2OS/c12-6-8-1-4-11-9(5-8)2-3-10(7-13)14-11;12-6-10-3-2-9-5-8(7-14)1-4-11(9)13-10;1-4(2)3/h1-5H,6H2;1-5,14H,7H2;. The van der Waals surface area contributed by atoms with E-state index in [1.165, 1.54) is 0 Å². The summed E-state index contributed by atoms with van der Waals surface area (Å²) >= 11 is 5.71. The van der Waals surface area contributed by atoms with Crippen molar-refractivity contribution >= 4 is 64.0 Å². The van der Waals surface area contributed by atoms with Crippen LogP contribution < -0.4 is 0 Å². The minimum absolute atomic E-state index is 0.0238. The second-order valence-corrected chi connectivity index (χ2v) is 8.94. The number of rotatable bonds is 2. The fraction of sp³-hybridized carbons (Fsp3) is 0.0909. The Balaban J connectivity index is 0.000000195. The van der Waals surface area contributed by atoms with E-state index in [-0.39, 0.29) is 6.61 Å². The van der Waals surface area contributed by atoms with Crippen LogP contribution in [0.1, 0.15) is 22.5 Å². The largest absolute Gasteiger partial charge is 0.392 e. The summed E-state index contributed by atoms with van der Waals surface area (Å²) in [6, 6.07) is 22.4. The van der Waals surface area contributed by atoms with E-state index in [0.29, 0.717) is 17.3 Å². The summed E-state index contributed by atoms with van der Waals surface area (Å²) in [5.41, 5.74) is 4.37. The number of fused-ring (bicyclic) bond motifs is 2. The van der Waals surface area contributed by atoms with Gasteiger partial charge >= 0.3 is 0 Å². The minimum Gasteiger partial charge on any atom is -0.392 e. The van der Waals surface area contributed by atoms with Gasteiger partial charge in [0.2, 0.25) is 9.23 Å². The van der Waals surface area contributed by atoms with Crippen molar-refractivity contribution in [2.24, 2.45) is 0 Å². The first-order valence-corrected chi connectivity index (χ1v) is 12.2. The van der Waals surface area contributed by atoms with Crippen LogP contribution in [0, 0.1) is 22.7 Å². The molecule has 10 heteroatoms. The van der Waals surface area contributed by atoms with Crippen LogP contribution in [0.15, 0.2) is 60.7 Å². The Morgan fingerprint density at radius 3 is 1.66 bits per heavy atom. The van der Waals surface area contributed by atoms with Crippen molar-refractivity contribution in [3.63, 3.8) is 0 Å². The Morgan fingerprint density at radius 2 is 1.25 bits per heavy atom. The van der Waals surface area contributed by atoms with Gasteiger partial charge in [-0.25, -0.2) is 14.2 Å². The average Bonchev–Trinajstić information content (AvgIpc) is 2.82. The molecular weight excluding hydrogens is 491 g/mol. The highest BCUT2D eigenvalue weighted by atomic mass is 36.0. The number of pyridine rings is 2. The Labute approximate surface area is 201 Å². The molecule has 1 N–H and O–H groups in total. The monoisotopic (exact) mass is 504 g/mol. The fourth-order valence-electron chi connectivity index (χ4n) is 2.66. The van der Waals surface area contributed by atoms with Gasteiger partial charge in [-0.05, 0) is 59.7 Å². The number of benzene rings is 2. The van der Waals surface area contributed by atoms with E-state index < -0.39 is 9.23 Å². The number of hydrogen-bond donors (Lipinski definition) is 1. The summed E-state index contributed by atoms with van der Waals surface area (Å²) in [6.07, 6.45) is 0. The molecule has 2 heterocycles. The quantitative estimate of drug-likeness (QED) is 0.285. The van der Waals surface area contributed by atoms with Gasteiger partial charge in [-0.2, -0.15) is 10.5 Å². The van der Waals surface area contributed by atoms with Crippen LogP contribution in [0.3, 0.4) is 0 Å². The third-order valence-electron chi connectivity index (χ3n) is 4.07. The molecule has 0 aliphatic heterocycles. The molecule has 32 heavy (non-hydrogen) atoms. The molecule has 6 nitrogen and oxygen atoms in total. The van der Waals surface area contributed by atoms with Crippen molar-refractivity contribution in [2.45, 2.75) is 12.5 Å². The normalized spacial score (nSPS) is 9.84. The van der Waals surface area contributed by atoms with Crippen molar-refractivity contribution in [1.29, 1.82) is 10.5 Å². The maximum absolute atomic E-state index is 9.09. The van der Waals surface area contributed by atoms with Crippen molar-refractivity contribution in [1.82, 2.24) is 9.97 Å². The molecule has 0 atom stereocenters. The third kappa shape index (κ3) is 7.72. The van der Waals surface area contributed by atoms with E-state index >= 15 is 0 Å². The first kappa shape index (κ1) is 25.5. The molecule has 2 aromatic carbocycles. The van der Waals surface area contributed by atoms with Crippen molar-refractivity contribution in [2.75, 3.05) is 0 Å². The van der Waals surface area contributed by atoms with Gasteiger partial charge in [0, 0.05) is 38.0 Å². The van der Waals surface area contributed by atoms with Gasteiger partial charge in [-0.15, -0.1) is 11.6 Å². The summed E-state index contributed by atoms with van der Waals surface area (Å²) in [7, 11) is 7.36. The topological polar surface area (TPSA) is 111 Å². The van der Waals surface area contributed by atoms with Crippen LogP contribution in [0.25, 0.3) is 21.8 Å². The summed E-state index contributed by atoms with van der Waals surface area (Å²) in [4.78, 5) is 8.29. The number of alkyl halides is 1. The number of aliphatic hydroxyl groups excluding tert-OH is 1. The molecule has 4 aromatic rings. The van der Waals surface area contributed by atoms with Crippen LogP contribution in [-0.4, -0.2) is 19.3 Å². The fourth-order valence-corrected chi connectivity index (χ4v) is 2.82. The second kappa shape index (κ2) is 12.9. The smallest absolute Gasteiger partial charge is 0.211 e. The van der Waals surface area contributed by atoms with Crippen LogP contribution in [0.4, 0.5) is 0 Å². The molecule has 0 fully saturated rings. The number of nitriles is 2. The first-order valence-electron chi connectivity index (χ1n) is 8.90. The predicted octanol–water partition coefficient (Wildman–Crippen LogP) is 5.49. The van der Waals surface area contributed by atoms with Crippen molar-refractivity contribution < 1.29 is 9.32 Å². The Morgan fingerprint density at radius 1 is 0.812 bits per heavy atom. The summed E-state index contributed by atoms with van der Waals surface area (Å²) in [5, 5.41) is 28.2. The Bertz CT molecular complexity index is 1240. The predicted molar refractivity (Wildman–Crippen MR) is 128 cm³/mol. The van der Waals surface area contributed by atoms with Crippen LogP contribution in [0.2, 0.25) is 0 Å². The number of hydrogen-bond acceptors (Lipinski definition) is 6. The molecule has 0 unspecified atom stereocenters. The van der Waals surface area contributed by atoms with Gasteiger partial charge in [-0.3, -0.25) is 0 Å². The molecule has 2 aromatic heterocycles. The van der Waals surface area contributed by atoms with Gasteiger partial charge in [0.1, 0.15) is 23.5 Å². The zero-order chi connectivity index (χ0) is 23.5. The maximum Gasteiger partial charge on any atom is 0.211 e. The molecule has 0 spiro atoms.